The Bertz CT molecular complexity index is 356. The van der Waals surface area contributed by atoms with Crippen LogP contribution in [-0.2, 0) is 0 Å². The number of hydrazine groups is 1. The number of rotatable bonds is 5. The Kier molecular flexibility index (Phi) is 4.63. The summed E-state index contributed by atoms with van der Waals surface area (Å²) in [5.41, 5.74) is 3.53. The molecule has 0 spiro atoms. The summed E-state index contributed by atoms with van der Waals surface area (Å²) in [7, 11) is 4.53. The molecular formula is C18H35N3. The predicted molar refractivity (Wildman–Crippen MR) is 88.7 cm³/mol. The molecule has 6 atom stereocenters. The molecular weight excluding hydrogens is 258 g/mol. The highest BCUT2D eigenvalue weighted by Gasteiger charge is 2.47. The number of nitrogens with zero attached hydrogens (tertiary/aromatic N) is 1. The minimum atomic E-state index is 0.272. The lowest BCUT2D eigenvalue weighted by molar-refractivity contribution is 0.0250. The monoisotopic (exact) mass is 293 g/mol. The summed E-state index contributed by atoms with van der Waals surface area (Å²) in [6, 6.07) is 0.458. The third-order valence-corrected chi connectivity index (χ3v) is 7.17. The minimum absolute atomic E-state index is 0.272. The van der Waals surface area contributed by atoms with Gasteiger partial charge in [-0.3, -0.25) is 11.3 Å². The summed E-state index contributed by atoms with van der Waals surface area (Å²) >= 11 is 0. The van der Waals surface area contributed by atoms with Gasteiger partial charge in [-0.25, -0.2) is 0 Å². The van der Waals surface area contributed by atoms with Crippen LogP contribution >= 0.6 is 0 Å². The van der Waals surface area contributed by atoms with Crippen LogP contribution in [0.25, 0.3) is 0 Å². The van der Waals surface area contributed by atoms with Gasteiger partial charge >= 0.3 is 0 Å². The number of likely N-dealkylation sites (N-methyl/N-ethyl adjacent to an activating group) is 1. The van der Waals surface area contributed by atoms with E-state index in [1.54, 1.807) is 0 Å². The molecule has 3 aliphatic carbocycles. The van der Waals surface area contributed by atoms with E-state index in [-0.39, 0.29) is 5.54 Å². The molecule has 0 amide bonds. The standard InChI is InChI=1S/C18H35N3/c1-13-5-4-8-18(12-13,21(2)3)17(20-19)11-16-10-14-6-7-15(16)9-14/h13-17,20H,4-12,19H2,1-3H3. The molecule has 6 unspecified atom stereocenters. The van der Waals surface area contributed by atoms with E-state index in [1.807, 2.05) is 0 Å². The van der Waals surface area contributed by atoms with Gasteiger partial charge in [0.25, 0.3) is 0 Å². The summed E-state index contributed by atoms with van der Waals surface area (Å²) in [4.78, 5) is 2.49. The average molecular weight is 293 g/mol. The van der Waals surface area contributed by atoms with E-state index < -0.39 is 0 Å². The first-order chi connectivity index (χ1) is 10.0. The van der Waals surface area contributed by atoms with Crippen molar-refractivity contribution in [3.63, 3.8) is 0 Å². The Hall–Kier alpha value is -0.120. The Morgan fingerprint density at radius 2 is 2.05 bits per heavy atom. The van der Waals surface area contributed by atoms with Crippen molar-refractivity contribution in [1.29, 1.82) is 0 Å². The molecule has 0 heterocycles. The molecule has 3 rings (SSSR count). The summed E-state index contributed by atoms with van der Waals surface area (Å²) in [6.07, 6.45) is 12.6. The molecule has 122 valence electrons. The lowest BCUT2D eigenvalue weighted by Crippen LogP contribution is -2.63. The molecule has 2 bridgehead atoms. The van der Waals surface area contributed by atoms with Crippen LogP contribution in [0.1, 0.15) is 64.7 Å². The van der Waals surface area contributed by atoms with Gasteiger partial charge in [-0.05, 0) is 76.3 Å². The average Bonchev–Trinajstić information content (AvgIpc) is 3.06. The smallest absolute Gasteiger partial charge is 0.0397 e. The van der Waals surface area contributed by atoms with Crippen molar-refractivity contribution < 1.29 is 0 Å². The van der Waals surface area contributed by atoms with Crippen molar-refractivity contribution in [2.24, 2.45) is 29.5 Å². The Morgan fingerprint density at radius 3 is 2.57 bits per heavy atom. The lowest BCUT2D eigenvalue weighted by atomic mass is 9.68. The molecule has 3 heteroatoms. The van der Waals surface area contributed by atoms with Gasteiger partial charge in [0.15, 0.2) is 0 Å². The number of nitrogens with two attached hydrogens (primary N) is 1. The van der Waals surface area contributed by atoms with Gasteiger partial charge in [0, 0.05) is 11.6 Å². The summed E-state index contributed by atoms with van der Waals surface area (Å²) in [5, 5.41) is 0. The van der Waals surface area contributed by atoms with Gasteiger partial charge in [0.1, 0.15) is 0 Å². The maximum atomic E-state index is 6.07. The van der Waals surface area contributed by atoms with E-state index in [0.29, 0.717) is 6.04 Å². The van der Waals surface area contributed by atoms with E-state index in [9.17, 15) is 0 Å². The van der Waals surface area contributed by atoms with E-state index in [0.717, 1.165) is 23.7 Å². The van der Waals surface area contributed by atoms with Crippen LogP contribution in [0, 0.1) is 23.7 Å². The molecule has 0 aromatic rings. The van der Waals surface area contributed by atoms with Crippen LogP contribution in [0.4, 0.5) is 0 Å². The highest BCUT2D eigenvalue weighted by molar-refractivity contribution is 5.03. The third-order valence-electron chi connectivity index (χ3n) is 7.17. The van der Waals surface area contributed by atoms with Crippen molar-refractivity contribution in [2.75, 3.05) is 14.1 Å². The second-order valence-electron chi connectivity index (χ2n) is 8.59. The molecule has 3 nitrogen and oxygen atoms in total. The SMILES string of the molecule is CC1CCCC(C(CC2CC3CCC2C3)NN)(N(C)C)C1. The Morgan fingerprint density at radius 1 is 1.24 bits per heavy atom. The molecule has 3 fully saturated rings. The van der Waals surface area contributed by atoms with E-state index in [1.165, 1.54) is 57.8 Å². The highest BCUT2D eigenvalue weighted by atomic mass is 15.3. The van der Waals surface area contributed by atoms with Gasteiger partial charge in [-0.2, -0.15) is 0 Å². The van der Waals surface area contributed by atoms with Crippen molar-refractivity contribution in [3.8, 4) is 0 Å². The van der Waals surface area contributed by atoms with Crippen molar-refractivity contribution in [3.05, 3.63) is 0 Å². The zero-order valence-corrected chi connectivity index (χ0v) is 14.3. The van der Waals surface area contributed by atoms with Crippen LogP contribution in [-0.4, -0.2) is 30.6 Å². The lowest BCUT2D eigenvalue weighted by Gasteiger charge is -2.51. The molecule has 0 radical (unpaired) electrons. The predicted octanol–water partition coefficient (Wildman–Crippen LogP) is 3.16. The number of hydrogen-bond donors (Lipinski definition) is 2. The van der Waals surface area contributed by atoms with Gasteiger partial charge in [0.2, 0.25) is 0 Å². The normalized spacial score (nSPS) is 44.4. The zero-order chi connectivity index (χ0) is 15.0. The second-order valence-corrected chi connectivity index (χ2v) is 8.59. The first kappa shape index (κ1) is 15.8. The van der Waals surface area contributed by atoms with Crippen LogP contribution in [0.2, 0.25) is 0 Å². The molecule has 0 saturated heterocycles. The van der Waals surface area contributed by atoms with Gasteiger partial charge in [-0.1, -0.05) is 26.2 Å². The molecule has 3 saturated carbocycles. The number of fused-ring (bicyclic) bond motifs is 2. The van der Waals surface area contributed by atoms with Crippen molar-refractivity contribution >= 4 is 0 Å². The quantitative estimate of drug-likeness (QED) is 0.604. The first-order valence-electron chi connectivity index (χ1n) is 9.18. The fourth-order valence-electron chi connectivity index (χ4n) is 6.01. The molecule has 3 aliphatic rings. The second kappa shape index (κ2) is 6.17. The molecule has 0 aromatic carbocycles. The highest BCUT2D eigenvalue weighted by Crippen LogP contribution is 2.51. The van der Waals surface area contributed by atoms with Crippen LogP contribution in [0.5, 0.6) is 0 Å². The number of nitrogens with one attached hydrogen (secondary N) is 1. The van der Waals surface area contributed by atoms with E-state index in [4.69, 9.17) is 5.84 Å². The largest absolute Gasteiger partial charge is 0.302 e. The van der Waals surface area contributed by atoms with Gasteiger partial charge in [-0.15, -0.1) is 0 Å². The topological polar surface area (TPSA) is 41.3 Å². The van der Waals surface area contributed by atoms with E-state index in [2.05, 4.69) is 31.3 Å². The van der Waals surface area contributed by atoms with Gasteiger partial charge in [0.05, 0.1) is 0 Å². The van der Waals surface area contributed by atoms with Crippen LogP contribution < -0.4 is 11.3 Å². The third kappa shape index (κ3) is 2.89. The summed E-state index contributed by atoms with van der Waals surface area (Å²) in [5.74, 6) is 9.88. The van der Waals surface area contributed by atoms with Crippen molar-refractivity contribution in [1.82, 2.24) is 10.3 Å². The first-order valence-corrected chi connectivity index (χ1v) is 9.18. The Labute approximate surface area is 131 Å². The summed E-state index contributed by atoms with van der Waals surface area (Å²) < 4.78 is 0. The fraction of sp³-hybridized carbons (Fsp3) is 1.00. The Balaban J connectivity index is 1.73. The maximum Gasteiger partial charge on any atom is 0.0397 e. The number of hydrogen-bond acceptors (Lipinski definition) is 3. The minimum Gasteiger partial charge on any atom is -0.302 e. The summed E-state index contributed by atoms with van der Waals surface area (Å²) in [6.45, 7) is 2.42. The fourth-order valence-corrected chi connectivity index (χ4v) is 6.01. The molecule has 0 aliphatic heterocycles. The van der Waals surface area contributed by atoms with Crippen LogP contribution in [0.3, 0.4) is 0 Å². The van der Waals surface area contributed by atoms with Crippen LogP contribution in [0.15, 0.2) is 0 Å². The zero-order valence-electron chi connectivity index (χ0n) is 14.3. The molecule has 0 aromatic heterocycles. The maximum absolute atomic E-state index is 6.07. The molecule has 3 N–H and O–H groups in total. The van der Waals surface area contributed by atoms with E-state index >= 15 is 0 Å². The van der Waals surface area contributed by atoms with Crippen molar-refractivity contribution in [2.45, 2.75) is 76.3 Å². The van der Waals surface area contributed by atoms with Gasteiger partial charge < -0.3 is 4.90 Å². The molecule has 21 heavy (non-hydrogen) atoms.